The fourth-order valence-electron chi connectivity index (χ4n) is 2.11. The van der Waals surface area contributed by atoms with Crippen LogP contribution < -0.4 is 5.73 Å². The van der Waals surface area contributed by atoms with Crippen molar-refractivity contribution in [3.05, 3.63) is 29.8 Å². The van der Waals surface area contributed by atoms with E-state index < -0.39 is 0 Å². The van der Waals surface area contributed by atoms with Crippen LogP contribution >= 0.6 is 0 Å². The van der Waals surface area contributed by atoms with Crippen LogP contribution in [0.15, 0.2) is 18.3 Å². The lowest BCUT2D eigenvalue weighted by molar-refractivity contribution is 0.137. The Balaban J connectivity index is 2.46. The van der Waals surface area contributed by atoms with Crippen molar-refractivity contribution in [1.29, 1.82) is 0 Å². The maximum absolute atomic E-state index is 12.8. The van der Waals surface area contributed by atoms with Gasteiger partial charge in [0.1, 0.15) is 5.82 Å². The summed E-state index contributed by atoms with van der Waals surface area (Å²) in [6, 6.07) is 2.90. The zero-order valence-electron chi connectivity index (χ0n) is 12.7. The van der Waals surface area contributed by atoms with Crippen molar-refractivity contribution in [1.82, 2.24) is 9.88 Å². The summed E-state index contributed by atoms with van der Waals surface area (Å²) in [7, 11) is 1.71. The smallest absolute Gasteiger partial charge is 0.141 e. The van der Waals surface area contributed by atoms with E-state index in [2.05, 4.69) is 23.7 Å². The highest BCUT2D eigenvalue weighted by Crippen LogP contribution is 2.13. The van der Waals surface area contributed by atoms with Gasteiger partial charge in [0, 0.05) is 32.8 Å². The van der Waals surface area contributed by atoms with E-state index in [1.165, 1.54) is 12.3 Å². The average molecular weight is 283 g/mol. The molecule has 4 nitrogen and oxygen atoms in total. The van der Waals surface area contributed by atoms with E-state index in [1.807, 2.05) is 0 Å². The Bertz CT molecular complexity index is 370. The molecule has 1 unspecified atom stereocenters. The second-order valence-electron chi connectivity index (χ2n) is 5.48. The molecule has 2 N–H and O–H groups in total. The Morgan fingerprint density at radius 2 is 2.10 bits per heavy atom. The first-order chi connectivity index (χ1) is 9.52. The summed E-state index contributed by atoms with van der Waals surface area (Å²) in [5.74, 6) is 0.273. The monoisotopic (exact) mass is 283 g/mol. The molecule has 0 radical (unpaired) electrons. The van der Waals surface area contributed by atoms with E-state index in [-0.39, 0.29) is 11.9 Å². The topological polar surface area (TPSA) is 51.4 Å². The standard InChI is InChI=1S/C15H26FN3O/c1-12(2)11-19(8-9-20-3)7-6-14(17)15-5-4-13(16)10-18-15/h4-5,10,12,14H,6-9,11,17H2,1-3H3. The number of ether oxygens (including phenoxy) is 1. The highest BCUT2D eigenvalue weighted by molar-refractivity contribution is 5.09. The summed E-state index contributed by atoms with van der Waals surface area (Å²) in [5.41, 5.74) is 6.85. The second kappa shape index (κ2) is 9.00. The number of halogens is 1. The molecule has 0 aliphatic carbocycles. The van der Waals surface area contributed by atoms with E-state index in [1.54, 1.807) is 13.2 Å². The lowest BCUT2D eigenvalue weighted by atomic mass is 10.1. The summed E-state index contributed by atoms with van der Waals surface area (Å²) in [6.45, 7) is 7.92. The number of aromatic nitrogens is 1. The summed E-state index contributed by atoms with van der Waals surface area (Å²) >= 11 is 0. The molecule has 0 aliphatic heterocycles. The molecule has 0 bridgehead atoms. The van der Waals surface area contributed by atoms with Gasteiger partial charge in [-0.05, 0) is 24.5 Å². The van der Waals surface area contributed by atoms with Gasteiger partial charge in [-0.25, -0.2) is 4.39 Å². The maximum atomic E-state index is 12.8. The quantitative estimate of drug-likeness (QED) is 0.755. The molecule has 1 heterocycles. The number of hydrogen-bond acceptors (Lipinski definition) is 4. The van der Waals surface area contributed by atoms with Crippen molar-refractivity contribution >= 4 is 0 Å². The summed E-state index contributed by atoms with van der Waals surface area (Å²) in [6.07, 6.45) is 2.01. The zero-order valence-corrected chi connectivity index (χ0v) is 12.7. The third-order valence-electron chi connectivity index (χ3n) is 3.12. The first-order valence-corrected chi connectivity index (χ1v) is 7.11. The highest BCUT2D eigenvalue weighted by Gasteiger charge is 2.12. The Morgan fingerprint density at radius 1 is 1.35 bits per heavy atom. The minimum atomic E-state index is -0.331. The number of hydrogen-bond donors (Lipinski definition) is 1. The summed E-state index contributed by atoms with van der Waals surface area (Å²) < 4.78 is 18.0. The van der Waals surface area contributed by atoms with Gasteiger partial charge >= 0.3 is 0 Å². The van der Waals surface area contributed by atoms with Crippen molar-refractivity contribution in [2.75, 3.05) is 33.4 Å². The first-order valence-electron chi connectivity index (χ1n) is 7.11. The molecule has 1 rings (SSSR count). The third kappa shape index (κ3) is 6.41. The van der Waals surface area contributed by atoms with Crippen molar-refractivity contribution in [3.63, 3.8) is 0 Å². The normalized spacial score (nSPS) is 13.2. The van der Waals surface area contributed by atoms with Gasteiger partial charge in [0.25, 0.3) is 0 Å². The predicted molar refractivity (Wildman–Crippen MR) is 78.9 cm³/mol. The van der Waals surface area contributed by atoms with Crippen molar-refractivity contribution < 1.29 is 9.13 Å². The number of pyridine rings is 1. The lowest BCUT2D eigenvalue weighted by Crippen LogP contribution is -2.33. The van der Waals surface area contributed by atoms with Crippen LogP contribution in [0, 0.1) is 11.7 Å². The average Bonchev–Trinajstić information content (AvgIpc) is 2.41. The van der Waals surface area contributed by atoms with Gasteiger partial charge in [-0.2, -0.15) is 0 Å². The number of nitrogens with zero attached hydrogens (tertiary/aromatic N) is 2. The first kappa shape index (κ1) is 17.0. The molecule has 1 aromatic rings. The van der Waals surface area contributed by atoms with Crippen LogP contribution in [0.5, 0.6) is 0 Å². The summed E-state index contributed by atoms with van der Waals surface area (Å²) in [5, 5.41) is 0. The van der Waals surface area contributed by atoms with Crippen LogP contribution in [-0.2, 0) is 4.74 Å². The fourth-order valence-corrected chi connectivity index (χ4v) is 2.11. The van der Waals surface area contributed by atoms with Gasteiger partial charge in [-0.15, -0.1) is 0 Å². The van der Waals surface area contributed by atoms with Crippen molar-refractivity contribution in [3.8, 4) is 0 Å². The van der Waals surface area contributed by atoms with E-state index in [4.69, 9.17) is 10.5 Å². The molecule has 20 heavy (non-hydrogen) atoms. The summed E-state index contributed by atoms with van der Waals surface area (Å²) in [4.78, 5) is 6.38. The molecular formula is C15H26FN3O. The molecule has 0 saturated heterocycles. The molecule has 0 aromatic carbocycles. The second-order valence-corrected chi connectivity index (χ2v) is 5.48. The van der Waals surface area contributed by atoms with Crippen LogP contribution in [0.25, 0.3) is 0 Å². The fraction of sp³-hybridized carbons (Fsp3) is 0.667. The largest absolute Gasteiger partial charge is 0.383 e. The Hall–Kier alpha value is -1.04. The lowest BCUT2D eigenvalue weighted by Gasteiger charge is -2.25. The van der Waals surface area contributed by atoms with Crippen molar-refractivity contribution in [2.24, 2.45) is 11.7 Å². The van der Waals surface area contributed by atoms with Gasteiger partial charge in [-0.1, -0.05) is 13.8 Å². The Morgan fingerprint density at radius 3 is 2.65 bits per heavy atom. The van der Waals surface area contributed by atoms with Gasteiger partial charge in [0.15, 0.2) is 0 Å². The molecular weight excluding hydrogens is 257 g/mol. The zero-order chi connectivity index (χ0) is 15.0. The molecule has 0 aliphatic rings. The van der Waals surface area contributed by atoms with Gasteiger partial charge in [0.2, 0.25) is 0 Å². The van der Waals surface area contributed by atoms with E-state index in [0.29, 0.717) is 5.92 Å². The highest BCUT2D eigenvalue weighted by atomic mass is 19.1. The Labute approximate surface area is 121 Å². The van der Waals surface area contributed by atoms with Crippen LogP contribution in [-0.4, -0.2) is 43.2 Å². The van der Waals surface area contributed by atoms with E-state index in [9.17, 15) is 4.39 Å². The maximum Gasteiger partial charge on any atom is 0.141 e. The molecule has 114 valence electrons. The minimum Gasteiger partial charge on any atom is -0.383 e. The molecule has 0 amide bonds. The van der Waals surface area contributed by atoms with E-state index >= 15 is 0 Å². The van der Waals surface area contributed by atoms with Crippen LogP contribution in [0.2, 0.25) is 0 Å². The van der Waals surface area contributed by atoms with Gasteiger partial charge < -0.3 is 15.4 Å². The van der Waals surface area contributed by atoms with Crippen LogP contribution in [0.1, 0.15) is 32.0 Å². The van der Waals surface area contributed by atoms with Crippen LogP contribution in [0.4, 0.5) is 4.39 Å². The predicted octanol–water partition coefficient (Wildman–Crippen LogP) is 2.21. The number of nitrogens with two attached hydrogens (primary N) is 1. The van der Waals surface area contributed by atoms with Crippen molar-refractivity contribution in [2.45, 2.75) is 26.3 Å². The van der Waals surface area contributed by atoms with E-state index in [0.717, 1.165) is 38.4 Å². The SMILES string of the molecule is COCCN(CCC(N)c1ccc(F)cn1)CC(C)C. The number of rotatable bonds is 9. The molecule has 0 fully saturated rings. The number of methoxy groups -OCH3 is 1. The van der Waals surface area contributed by atoms with Crippen LogP contribution in [0.3, 0.4) is 0 Å². The molecule has 0 saturated carbocycles. The molecule has 5 heteroatoms. The van der Waals surface area contributed by atoms with Gasteiger partial charge in [-0.3, -0.25) is 4.98 Å². The molecule has 1 aromatic heterocycles. The van der Waals surface area contributed by atoms with Gasteiger partial charge in [0.05, 0.1) is 18.5 Å². The Kier molecular flexibility index (Phi) is 7.65. The third-order valence-corrected chi connectivity index (χ3v) is 3.12. The molecule has 0 spiro atoms. The minimum absolute atomic E-state index is 0.159. The molecule has 1 atom stereocenters.